The fourth-order valence-corrected chi connectivity index (χ4v) is 4.26. The van der Waals surface area contributed by atoms with Crippen molar-refractivity contribution in [2.24, 2.45) is 5.73 Å². The maximum Gasteiger partial charge on any atom is 0.257 e. The SMILES string of the molecule is NC1(c2noc(-c3ccc(S(=O)(=O)NCC4CCCO4)cc3)n2)CCC1. The normalized spacial score (nSPS) is 22.3. The van der Waals surface area contributed by atoms with Crippen molar-refractivity contribution in [2.45, 2.75) is 48.6 Å². The molecule has 2 aliphatic rings. The molecule has 1 aliphatic heterocycles. The van der Waals surface area contributed by atoms with Gasteiger partial charge in [-0.15, -0.1) is 0 Å². The highest BCUT2D eigenvalue weighted by Crippen LogP contribution is 2.37. The minimum absolute atomic E-state index is 0.0454. The van der Waals surface area contributed by atoms with Crippen LogP contribution in [0.15, 0.2) is 33.7 Å². The summed E-state index contributed by atoms with van der Waals surface area (Å²) >= 11 is 0. The van der Waals surface area contributed by atoms with Crippen LogP contribution in [0.3, 0.4) is 0 Å². The highest BCUT2D eigenvalue weighted by atomic mass is 32.2. The first-order chi connectivity index (χ1) is 12.5. The average Bonchev–Trinajstić information content (AvgIpc) is 3.30. The predicted octanol–water partition coefficient (Wildman–Crippen LogP) is 1.53. The van der Waals surface area contributed by atoms with Gasteiger partial charge >= 0.3 is 0 Å². The Morgan fingerprint density at radius 3 is 2.62 bits per heavy atom. The lowest BCUT2D eigenvalue weighted by atomic mass is 9.77. The number of nitrogens with one attached hydrogen (secondary N) is 1. The maximum absolute atomic E-state index is 12.4. The number of nitrogens with two attached hydrogens (primary N) is 1. The molecular formula is C17H22N4O4S. The third-order valence-electron chi connectivity index (χ3n) is 5.05. The van der Waals surface area contributed by atoms with Crippen molar-refractivity contribution in [3.8, 4) is 11.5 Å². The summed E-state index contributed by atoms with van der Waals surface area (Å²) in [5.41, 5.74) is 6.37. The summed E-state index contributed by atoms with van der Waals surface area (Å²) in [7, 11) is -3.58. The lowest BCUT2D eigenvalue weighted by molar-refractivity contribution is 0.114. The molecule has 1 aromatic carbocycles. The molecule has 140 valence electrons. The molecule has 1 saturated carbocycles. The molecule has 1 aliphatic carbocycles. The molecule has 2 aromatic rings. The van der Waals surface area contributed by atoms with Crippen molar-refractivity contribution >= 4 is 10.0 Å². The first kappa shape index (κ1) is 17.6. The Kier molecular flexibility index (Phi) is 4.55. The van der Waals surface area contributed by atoms with Crippen LogP contribution in [0.1, 0.15) is 37.9 Å². The quantitative estimate of drug-likeness (QED) is 0.782. The van der Waals surface area contributed by atoms with E-state index < -0.39 is 15.6 Å². The number of ether oxygens (including phenoxy) is 1. The number of sulfonamides is 1. The van der Waals surface area contributed by atoms with Crippen LogP contribution in [0.25, 0.3) is 11.5 Å². The van der Waals surface area contributed by atoms with Gasteiger partial charge in [0.05, 0.1) is 16.5 Å². The molecule has 2 fully saturated rings. The van der Waals surface area contributed by atoms with Crippen molar-refractivity contribution in [2.75, 3.05) is 13.2 Å². The summed E-state index contributed by atoms with van der Waals surface area (Å²) in [5.74, 6) is 0.849. The number of benzene rings is 1. The van der Waals surface area contributed by atoms with Crippen molar-refractivity contribution in [1.29, 1.82) is 0 Å². The molecule has 1 aromatic heterocycles. The maximum atomic E-state index is 12.4. The van der Waals surface area contributed by atoms with Crippen LogP contribution >= 0.6 is 0 Å². The molecule has 26 heavy (non-hydrogen) atoms. The van der Waals surface area contributed by atoms with Gasteiger partial charge in [0, 0.05) is 18.7 Å². The molecule has 1 saturated heterocycles. The van der Waals surface area contributed by atoms with E-state index in [1.165, 1.54) is 12.1 Å². The van der Waals surface area contributed by atoms with Gasteiger partial charge < -0.3 is 15.0 Å². The molecule has 2 heterocycles. The highest BCUT2D eigenvalue weighted by molar-refractivity contribution is 7.89. The zero-order chi connectivity index (χ0) is 18.2. The minimum atomic E-state index is -3.58. The van der Waals surface area contributed by atoms with E-state index in [-0.39, 0.29) is 17.5 Å². The molecule has 1 atom stereocenters. The number of hydrogen-bond acceptors (Lipinski definition) is 7. The topological polar surface area (TPSA) is 120 Å². The highest BCUT2D eigenvalue weighted by Gasteiger charge is 2.39. The fourth-order valence-electron chi connectivity index (χ4n) is 3.19. The lowest BCUT2D eigenvalue weighted by Gasteiger charge is -2.34. The van der Waals surface area contributed by atoms with E-state index in [1.54, 1.807) is 12.1 Å². The van der Waals surface area contributed by atoms with E-state index in [0.717, 1.165) is 32.1 Å². The molecule has 0 bridgehead atoms. The second-order valence-corrected chi connectivity index (χ2v) is 8.71. The molecule has 4 rings (SSSR count). The summed E-state index contributed by atoms with van der Waals surface area (Å²) in [6.45, 7) is 0.979. The first-order valence-corrected chi connectivity index (χ1v) is 10.3. The summed E-state index contributed by atoms with van der Waals surface area (Å²) in [6.07, 6.45) is 4.56. The van der Waals surface area contributed by atoms with Crippen molar-refractivity contribution in [3.05, 3.63) is 30.1 Å². The van der Waals surface area contributed by atoms with Crippen molar-refractivity contribution in [3.63, 3.8) is 0 Å². The number of nitrogens with zero attached hydrogens (tertiary/aromatic N) is 2. The van der Waals surface area contributed by atoms with Crippen LogP contribution < -0.4 is 10.5 Å². The van der Waals surface area contributed by atoms with E-state index in [9.17, 15) is 8.42 Å². The van der Waals surface area contributed by atoms with Gasteiger partial charge in [-0.25, -0.2) is 13.1 Å². The van der Waals surface area contributed by atoms with Gasteiger partial charge in [0.15, 0.2) is 5.82 Å². The third kappa shape index (κ3) is 3.39. The third-order valence-corrected chi connectivity index (χ3v) is 6.49. The summed E-state index contributed by atoms with van der Waals surface area (Å²) in [6, 6.07) is 6.36. The number of rotatable bonds is 6. The van der Waals surface area contributed by atoms with Gasteiger partial charge in [-0.2, -0.15) is 4.98 Å². The second kappa shape index (κ2) is 6.73. The van der Waals surface area contributed by atoms with Crippen LogP contribution in [-0.2, 0) is 20.3 Å². The Balaban J connectivity index is 1.46. The molecule has 3 N–H and O–H groups in total. The van der Waals surface area contributed by atoms with Crippen LogP contribution in [0, 0.1) is 0 Å². The zero-order valence-corrected chi connectivity index (χ0v) is 15.2. The zero-order valence-electron chi connectivity index (χ0n) is 14.3. The summed E-state index contributed by atoms with van der Waals surface area (Å²) in [4.78, 5) is 4.56. The van der Waals surface area contributed by atoms with Gasteiger partial charge in [0.25, 0.3) is 5.89 Å². The first-order valence-electron chi connectivity index (χ1n) is 8.81. The Morgan fingerprint density at radius 1 is 1.23 bits per heavy atom. The Labute approximate surface area is 152 Å². The van der Waals surface area contributed by atoms with Crippen LogP contribution in [0.4, 0.5) is 0 Å². The Bertz CT molecular complexity index is 868. The van der Waals surface area contributed by atoms with Gasteiger partial charge in [0.2, 0.25) is 10.0 Å². The average molecular weight is 378 g/mol. The van der Waals surface area contributed by atoms with Crippen molar-refractivity contribution in [1.82, 2.24) is 14.9 Å². The Morgan fingerprint density at radius 2 is 2.00 bits per heavy atom. The second-order valence-electron chi connectivity index (χ2n) is 6.94. The molecule has 0 radical (unpaired) electrons. The number of hydrogen-bond donors (Lipinski definition) is 2. The van der Waals surface area contributed by atoms with E-state index in [2.05, 4.69) is 14.9 Å². The molecule has 1 unspecified atom stereocenters. The van der Waals surface area contributed by atoms with E-state index in [0.29, 0.717) is 23.9 Å². The van der Waals surface area contributed by atoms with Gasteiger partial charge in [-0.3, -0.25) is 0 Å². The van der Waals surface area contributed by atoms with E-state index in [1.807, 2.05) is 0 Å². The van der Waals surface area contributed by atoms with Crippen molar-refractivity contribution < 1.29 is 17.7 Å². The molecule has 0 amide bonds. The smallest absolute Gasteiger partial charge is 0.257 e. The fraction of sp³-hybridized carbons (Fsp3) is 0.529. The van der Waals surface area contributed by atoms with E-state index in [4.69, 9.17) is 15.0 Å². The lowest BCUT2D eigenvalue weighted by Crippen LogP contribution is -2.44. The summed E-state index contributed by atoms with van der Waals surface area (Å²) in [5, 5.41) is 3.98. The number of aromatic nitrogens is 2. The molecule has 8 nitrogen and oxygen atoms in total. The standard InChI is InChI=1S/C17H22N4O4S/c18-17(8-2-9-17)16-20-15(25-21-16)12-4-6-14(7-5-12)26(22,23)19-11-13-3-1-10-24-13/h4-7,13,19H,1-3,8-11,18H2. The van der Waals surface area contributed by atoms with Crippen LogP contribution in [-0.4, -0.2) is 37.8 Å². The summed E-state index contributed by atoms with van der Waals surface area (Å²) < 4.78 is 38.1. The van der Waals surface area contributed by atoms with Crippen LogP contribution in [0.5, 0.6) is 0 Å². The van der Waals surface area contributed by atoms with E-state index >= 15 is 0 Å². The van der Waals surface area contributed by atoms with Gasteiger partial charge in [-0.05, 0) is 56.4 Å². The predicted molar refractivity (Wildman–Crippen MR) is 93.6 cm³/mol. The van der Waals surface area contributed by atoms with Gasteiger partial charge in [-0.1, -0.05) is 5.16 Å². The molecule has 0 spiro atoms. The molecular weight excluding hydrogens is 356 g/mol. The van der Waals surface area contributed by atoms with Gasteiger partial charge in [0.1, 0.15) is 0 Å². The monoisotopic (exact) mass is 378 g/mol. The minimum Gasteiger partial charge on any atom is -0.377 e. The molecule has 9 heteroatoms. The largest absolute Gasteiger partial charge is 0.377 e. The van der Waals surface area contributed by atoms with Crippen LogP contribution in [0.2, 0.25) is 0 Å². The Hall–Kier alpha value is -1.81.